The van der Waals surface area contributed by atoms with E-state index >= 15 is 0 Å². The second kappa shape index (κ2) is 4.12. The Bertz CT molecular complexity index is 247. The Labute approximate surface area is 73.3 Å². The molecule has 0 spiro atoms. The quantitative estimate of drug-likeness (QED) is 0.694. The smallest absolute Gasteiger partial charge is 0.0583 e. The molecule has 0 fully saturated rings. The van der Waals surface area contributed by atoms with Crippen molar-refractivity contribution in [3.8, 4) is 0 Å². The number of benzene rings is 1. The van der Waals surface area contributed by atoms with Gasteiger partial charge in [-0.3, -0.25) is 0 Å². The summed E-state index contributed by atoms with van der Waals surface area (Å²) >= 11 is 0. The summed E-state index contributed by atoms with van der Waals surface area (Å²) < 4.78 is 5.15. The first-order valence-corrected chi connectivity index (χ1v) is 4.09. The van der Waals surface area contributed by atoms with E-state index in [9.17, 15) is 0 Å². The Balaban J connectivity index is 2.63. The maximum Gasteiger partial charge on any atom is 0.0583 e. The van der Waals surface area contributed by atoms with Crippen LogP contribution in [0.15, 0.2) is 24.3 Å². The molecule has 0 amide bonds. The first-order chi connectivity index (χ1) is 5.72. The van der Waals surface area contributed by atoms with Crippen LogP contribution in [0.25, 0.3) is 0 Å². The van der Waals surface area contributed by atoms with E-state index in [-0.39, 0.29) is 6.10 Å². The van der Waals surface area contributed by atoms with Gasteiger partial charge in [0.2, 0.25) is 0 Å². The molecule has 1 rings (SSSR count). The molecular weight excluding hydrogens is 150 g/mol. The highest BCUT2D eigenvalue weighted by Gasteiger charge is 2.00. The van der Waals surface area contributed by atoms with Gasteiger partial charge in [-0.05, 0) is 31.0 Å². The molecule has 1 aromatic rings. The van der Waals surface area contributed by atoms with Gasteiger partial charge in [-0.25, -0.2) is 0 Å². The maximum absolute atomic E-state index is 5.63. The molecule has 1 atom stereocenters. The van der Waals surface area contributed by atoms with Crippen molar-refractivity contribution in [3.05, 3.63) is 29.8 Å². The Morgan fingerprint density at radius 2 is 2.25 bits per heavy atom. The second-order valence-corrected chi connectivity index (χ2v) is 3.00. The van der Waals surface area contributed by atoms with Crippen LogP contribution in [0.5, 0.6) is 0 Å². The average Bonchev–Trinajstić information content (AvgIpc) is 2.04. The van der Waals surface area contributed by atoms with E-state index in [0.29, 0.717) is 0 Å². The number of rotatable bonds is 3. The van der Waals surface area contributed by atoms with Crippen molar-refractivity contribution in [3.63, 3.8) is 0 Å². The van der Waals surface area contributed by atoms with Gasteiger partial charge in [0.25, 0.3) is 0 Å². The molecule has 0 radical (unpaired) electrons. The zero-order valence-electron chi connectivity index (χ0n) is 7.58. The highest BCUT2D eigenvalue weighted by molar-refractivity contribution is 5.40. The van der Waals surface area contributed by atoms with Crippen LogP contribution < -0.4 is 5.73 Å². The molecule has 12 heavy (non-hydrogen) atoms. The monoisotopic (exact) mass is 165 g/mol. The highest BCUT2D eigenvalue weighted by atomic mass is 16.5. The molecule has 0 aliphatic rings. The van der Waals surface area contributed by atoms with Gasteiger partial charge < -0.3 is 10.5 Å². The van der Waals surface area contributed by atoms with Gasteiger partial charge in [0.05, 0.1) is 6.10 Å². The van der Waals surface area contributed by atoms with Crippen molar-refractivity contribution in [1.29, 1.82) is 0 Å². The first kappa shape index (κ1) is 9.07. The lowest BCUT2D eigenvalue weighted by Crippen LogP contribution is -2.08. The first-order valence-electron chi connectivity index (χ1n) is 4.09. The lowest BCUT2D eigenvalue weighted by atomic mass is 10.1. The number of nitrogens with two attached hydrogens (primary N) is 1. The fourth-order valence-corrected chi connectivity index (χ4v) is 1.14. The van der Waals surface area contributed by atoms with Gasteiger partial charge in [-0.2, -0.15) is 0 Å². The molecule has 66 valence electrons. The van der Waals surface area contributed by atoms with Crippen LogP contribution in [-0.2, 0) is 11.2 Å². The predicted octanol–water partition coefficient (Wildman–Crippen LogP) is 1.85. The molecule has 0 aliphatic heterocycles. The van der Waals surface area contributed by atoms with E-state index < -0.39 is 0 Å². The third kappa shape index (κ3) is 2.55. The molecular formula is C10H15NO. The zero-order valence-corrected chi connectivity index (χ0v) is 7.58. The van der Waals surface area contributed by atoms with E-state index in [1.165, 1.54) is 5.56 Å². The van der Waals surface area contributed by atoms with Gasteiger partial charge in [0.15, 0.2) is 0 Å². The molecule has 1 unspecified atom stereocenters. The van der Waals surface area contributed by atoms with Gasteiger partial charge >= 0.3 is 0 Å². The summed E-state index contributed by atoms with van der Waals surface area (Å²) in [6.45, 7) is 2.04. The molecule has 2 nitrogen and oxygen atoms in total. The molecule has 2 N–H and O–H groups in total. The third-order valence-corrected chi connectivity index (χ3v) is 1.88. The van der Waals surface area contributed by atoms with Crippen LogP contribution in [0.3, 0.4) is 0 Å². The minimum atomic E-state index is 0.256. The molecule has 0 aliphatic carbocycles. The normalized spacial score (nSPS) is 12.8. The molecule has 1 aromatic carbocycles. The summed E-state index contributed by atoms with van der Waals surface area (Å²) in [5.41, 5.74) is 7.68. The summed E-state index contributed by atoms with van der Waals surface area (Å²) in [4.78, 5) is 0. The fourth-order valence-electron chi connectivity index (χ4n) is 1.14. The Hall–Kier alpha value is -1.02. The van der Waals surface area contributed by atoms with Crippen LogP contribution in [-0.4, -0.2) is 13.2 Å². The van der Waals surface area contributed by atoms with E-state index in [0.717, 1.165) is 12.1 Å². The predicted molar refractivity (Wildman–Crippen MR) is 51.0 cm³/mol. The van der Waals surface area contributed by atoms with Gasteiger partial charge in [-0.15, -0.1) is 0 Å². The second-order valence-electron chi connectivity index (χ2n) is 3.00. The van der Waals surface area contributed by atoms with E-state index in [2.05, 4.69) is 6.07 Å². The molecule has 0 saturated heterocycles. The molecule has 0 saturated carbocycles. The number of hydrogen-bond acceptors (Lipinski definition) is 2. The number of hydrogen-bond donors (Lipinski definition) is 1. The lowest BCUT2D eigenvalue weighted by molar-refractivity contribution is 0.119. The van der Waals surface area contributed by atoms with Crippen LogP contribution >= 0.6 is 0 Å². The molecule has 0 heterocycles. The minimum Gasteiger partial charge on any atom is -0.399 e. The topological polar surface area (TPSA) is 35.2 Å². The van der Waals surface area contributed by atoms with Crippen LogP contribution in [0.4, 0.5) is 5.69 Å². The van der Waals surface area contributed by atoms with Gasteiger partial charge in [0.1, 0.15) is 0 Å². The van der Waals surface area contributed by atoms with E-state index in [1.807, 2.05) is 25.1 Å². The molecule has 0 aromatic heterocycles. The average molecular weight is 165 g/mol. The zero-order chi connectivity index (χ0) is 8.97. The standard InChI is InChI=1S/C10H15NO/c1-8(12-2)6-9-4-3-5-10(11)7-9/h3-5,7-8H,6,11H2,1-2H3. The number of anilines is 1. The summed E-state index contributed by atoms with van der Waals surface area (Å²) in [5, 5.41) is 0. The van der Waals surface area contributed by atoms with Crippen molar-refractivity contribution < 1.29 is 4.74 Å². The molecule has 2 heteroatoms. The minimum absolute atomic E-state index is 0.256. The highest BCUT2D eigenvalue weighted by Crippen LogP contribution is 2.09. The van der Waals surface area contributed by atoms with Gasteiger partial charge in [0, 0.05) is 12.8 Å². The van der Waals surface area contributed by atoms with Crippen LogP contribution in [0.1, 0.15) is 12.5 Å². The largest absolute Gasteiger partial charge is 0.399 e. The summed E-state index contributed by atoms with van der Waals surface area (Å²) in [6, 6.07) is 7.90. The van der Waals surface area contributed by atoms with Crippen molar-refractivity contribution in [1.82, 2.24) is 0 Å². The Morgan fingerprint density at radius 1 is 1.50 bits per heavy atom. The fraction of sp³-hybridized carbons (Fsp3) is 0.400. The van der Waals surface area contributed by atoms with Crippen LogP contribution in [0.2, 0.25) is 0 Å². The summed E-state index contributed by atoms with van der Waals surface area (Å²) in [7, 11) is 1.72. The molecule has 0 bridgehead atoms. The van der Waals surface area contributed by atoms with Crippen molar-refractivity contribution in [2.24, 2.45) is 0 Å². The summed E-state index contributed by atoms with van der Waals surface area (Å²) in [5.74, 6) is 0. The van der Waals surface area contributed by atoms with Crippen molar-refractivity contribution >= 4 is 5.69 Å². The lowest BCUT2D eigenvalue weighted by Gasteiger charge is -2.09. The van der Waals surface area contributed by atoms with Crippen molar-refractivity contribution in [2.45, 2.75) is 19.4 Å². The van der Waals surface area contributed by atoms with Gasteiger partial charge in [-0.1, -0.05) is 12.1 Å². The van der Waals surface area contributed by atoms with Crippen molar-refractivity contribution in [2.75, 3.05) is 12.8 Å². The maximum atomic E-state index is 5.63. The Morgan fingerprint density at radius 3 is 2.83 bits per heavy atom. The number of ether oxygens (including phenoxy) is 1. The van der Waals surface area contributed by atoms with Crippen LogP contribution in [0, 0.1) is 0 Å². The summed E-state index contributed by atoms with van der Waals surface area (Å²) in [6.07, 6.45) is 1.17. The van der Waals surface area contributed by atoms with E-state index in [4.69, 9.17) is 10.5 Å². The Kier molecular flexibility index (Phi) is 3.11. The number of methoxy groups -OCH3 is 1. The van der Waals surface area contributed by atoms with E-state index in [1.54, 1.807) is 7.11 Å². The number of nitrogen functional groups attached to an aromatic ring is 1. The third-order valence-electron chi connectivity index (χ3n) is 1.88. The SMILES string of the molecule is COC(C)Cc1cccc(N)c1.